The molecule has 0 aliphatic rings. The van der Waals surface area contributed by atoms with Gasteiger partial charge in [-0.1, -0.05) is 12.1 Å². The Morgan fingerprint density at radius 2 is 2.15 bits per heavy atom. The summed E-state index contributed by atoms with van der Waals surface area (Å²) in [5.74, 6) is -1.32. The summed E-state index contributed by atoms with van der Waals surface area (Å²) >= 11 is 1.53. The Morgan fingerprint density at radius 1 is 1.40 bits per heavy atom. The zero-order valence-electron chi connectivity index (χ0n) is 10.6. The molecule has 20 heavy (non-hydrogen) atoms. The average molecular weight is 292 g/mol. The van der Waals surface area contributed by atoms with Gasteiger partial charge in [0.05, 0.1) is 11.0 Å². The summed E-state index contributed by atoms with van der Waals surface area (Å²) in [6, 6.07) is 7.88. The molecule has 1 aromatic heterocycles. The van der Waals surface area contributed by atoms with Crippen LogP contribution in [0.2, 0.25) is 0 Å². The van der Waals surface area contributed by atoms with Gasteiger partial charge >= 0.3 is 11.7 Å². The number of hydrogen-bond acceptors (Lipinski definition) is 5. The highest BCUT2D eigenvalue weighted by molar-refractivity contribution is 7.10. The molecule has 2 aromatic rings. The van der Waals surface area contributed by atoms with Gasteiger partial charge in [0.25, 0.3) is 0 Å². The zero-order chi connectivity index (χ0) is 14.7. The van der Waals surface area contributed by atoms with Crippen LogP contribution < -0.4 is 5.32 Å². The number of hydrogen-bond donors (Lipinski definition) is 2. The van der Waals surface area contributed by atoms with Gasteiger partial charge in [-0.3, -0.25) is 10.1 Å². The van der Waals surface area contributed by atoms with Crippen LogP contribution in [0.3, 0.4) is 0 Å². The van der Waals surface area contributed by atoms with Crippen LogP contribution in [0.25, 0.3) is 0 Å². The van der Waals surface area contributed by atoms with Crippen LogP contribution in [0, 0.1) is 10.1 Å². The lowest BCUT2D eigenvalue weighted by Crippen LogP contribution is -2.10. The Bertz CT molecular complexity index is 640. The molecule has 0 saturated carbocycles. The summed E-state index contributed by atoms with van der Waals surface area (Å²) in [7, 11) is 0. The molecule has 1 unspecified atom stereocenters. The maximum atomic E-state index is 11.1. The van der Waals surface area contributed by atoms with E-state index in [1.54, 1.807) is 0 Å². The fraction of sp³-hybridized carbons (Fsp3) is 0.154. The predicted molar refractivity (Wildman–Crippen MR) is 76.4 cm³/mol. The van der Waals surface area contributed by atoms with Crippen molar-refractivity contribution in [3.05, 3.63) is 56.3 Å². The summed E-state index contributed by atoms with van der Waals surface area (Å²) < 4.78 is 0. The number of thiophene rings is 1. The van der Waals surface area contributed by atoms with Crippen molar-refractivity contribution in [1.82, 2.24) is 0 Å². The van der Waals surface area contributed by atoms with Gasteiger partial charge in [0.2, 0.25) is 0 Å². The van der Waals surface area contributed by atoms with Crippen molar-refractivity contribution >= 4 is 28.7 Å². The first-order chi connectivity index (χ1) is 9.50. The lowest BCUT2D eigenvalue weighted by atomic mass is 10.1. The largest absolute Gasteiger partial charge is 0.477 e. The van der Waals surface area contributed by atoms with E-state index in [1.807, 2.05) is 24.4 Å². The number of para-hydroxylation sites is 1. The Balaban J connectivity index is 2.39. The van der Waals surface area contributed by atoms with E-state index in [2.05, 4.69) is 5.32 Å². The van der Waals surface area contributed by atoms with Crippen molar-refractivity contribution in [1.29, 1.82) is 0 Å². The average Bonchev–Trinajstić information content (AvgIpc) is 2.91. The number of carboxylic acid groups (broad SMARTS) is 1. The molecule has 1 atom stereocenters. The van der Waals surface area contributed by atoms with Crippen molar-refractivity contribution in [3.63, 3.8) is 0 Å². The highest BCUT2D eigenvalue weighted by Crippen LogP contribution is 2.32. The molecule has 0 aliphatic carbocycles. The maximum Gasteiger partial charge on any atom is 0.342 e. The molecular weight excluding hydrogens is 280 g/mol. The highest BCUT2D eigenvalue weighted by atomic mass is 32.1. The van der Waals surface area contributed by atoms with E-state index < -0.39 is 16.6 Å². The molecule has 0 aliphatic heterocycles. The van der Waals surface area contributed by atoms with E-state index in [4.69, 9.17) is 5.11 Å². The van der Waals surface area contributed by atoms with Crippen LogP contribution in [0.5, 0.6) is 0 Å². The van der Waals surface area contributed by atoms with Gasteiger partial charge in [-0.25, -0.2) is 4.79 Å². The number of benzene rings is 1. The number of nitrogens with zero attached hydrogens (tertiary/aromatic N) is 1. The molecule has 0 bridgehead atoms. The van der Waals surface area contributed by atoms with Gasteiger partial charge < -0.3 is 10.4 Å². The minimum atomic E-state index is -1.32. The molecule has 0 amide bonds. The third kappa shape index (κ3) is 2.77. The molecule has 1 heterocycles. The first-order valence-corrected chi connectivity index (χ1v) is 6.69. The van der Waals surface area contributed by atoms with Crippen molar-refractivity contribution in [3.8, 4) is 0 Å². The Labute approximate surface area is 118 Å². The highest BCUT2D eigenvalue weighted by Gasteiger charge is 2.25. The summed E-state index contributed by atoms with van der Waals surface area (Å²) in [4.78, 5) is 22.5. The Hall–Kier alpha value is -2.41. The second kappa shape index (κ2) is 5.70. The van der Waals surface area contributed by atoms with Crippen LogP contribution in [0.4, 0.5) is 11.4 Å². The zero-order valence-corrected chi connectivity index (χ0v) is 11.4. The van der Waals surface area contributed by atoms with Gasteiger partial charge in [0.1, 0.15) is 11.3 Å². The molecule has 0 radical (unpaired) electrons. The Morgan fingerprint density at radius 3 is 2.70 bits per heavy atom. The van der Waals surface area contributed by atoms with Crippen molar-refractivity contribution < 1.29 is 14.8 Å². The number of carbonyl (C=O) groups is 1. The van der Waals surface area contributed by atoms with E-state index in [1.165, 1.54) is 29.5 Å². The molecule has 6 nitrogen and oxygen atoms in total. The molecular formula is C13H12N2O4S. The first-order valence-electron chi connectivity index (χ1n) is 5.81. The molecule has 0 saturated heterocycles. The van der Waals surface area contributed by atoms with Crippen LogP contribution in [-0.4, -0.2) is 16.0 Å². The van der Waals surface area contributed by atoms with Gasteiger partial charge in [-0.15, -0.1) is 11.3 Å². The third-order valence-electron chi connectivity index (χ3n) is 2.79. The molecule has 2 N–H and O–H groups in total. The standard InChI is InChI=1S/C13H12N2O4S/c1-8(11-6-3-7-20-11)14-10-5-2-4-9(13(16)17)12(10)15(18)19/h2-8,14H,1H3,(H,16,17). The minimum absolute atomic E-state index is 0.141. The quantitative estimate of drug-likeness (QED) is 0.649. The number of carboxylic acids is 1. The van der Waals surface area contributed by atoms with Gasteiger partial charge in [0, 0.05) is 4.88 Å². The normalized spacial score (nSPS) is 11.8. The SMILES string of the molecule is CC(Nc1cccc(C(=O)O)c1[N+](=O)[O-])c1cccs1. The number of nitro benzene ring substituents is 1. The first kappa shape index (κ1) is 14.0. The summed E-state index contributed by atoms with van der Waals surface area (Å²) in [5, 5.41) is 25.1. The monoisotopic (exact) mass is 292 g/mol. The minimum Gasteiger partial charge on any atom is -0.477 e. The fourth-order valence-corrected chi connectivity index (χ4v) is 2.61. The van der Waals surface area contributed by atoms with E-state index in [0.29, 0.717) is 0 Å². The fourth-order valence-electron chi connectivity index (χ4n) is 1.87. The van der Waals surface area contributed by atoms with Crippen molar-refractivity contribution in [2.24, 2.45) is 0 Å². The number of nitrogens with one attached hydrogen (secondary N) is 1. The summed E-state index contributed by atoms with van der Waals surface area (Å²) in [6.07, 6.45) is 0. The molecule has 0 spiro atoms. The second-order valence-electron chi connectivity index (χ2n) is 4.15. The smallest absolute Gasteiger partial charge is 0.342 e. The molecule has 7 heteroatoms. The van der Waals surface area contributed by atoms with E-state index >= 15 is 0 Å². The maximum absolute atomic E-state index is 11.1. The lowest BCUT2D eigenvalue weighted by molar-refractivity contribution is -0.384. The van der Waals surface area contributed by atoms with Crippen molar-refractivity contribution in [2.45, 2.75) is 13.0 Å². The summed E-state index contributed by atoms with van der Waals surface area (Å²) in [6.45, 7) is 1.86. The van der Waals surface area contributed by atoms with Crippen LogP contribution in [0.15, 0.2) is 35.7 Å². The number of aromatic carboxylic acids is 1. The molecule has 104 valence electrons. The van der Waals surface area contributed by atoms with Crippen LogP contribution in [-0.2, 0) is 0 Å². The van der Waals surface area contributed by atoms with E-state index in [0.717, 1.165) is 4.88 Å². The Kier molecular flexibility index (Phi) is 3.99. The van der Waals surface area contributed by atoms with E-state index in [-0.39, 0.29) is 17.3 Å². The second-order valence-corrected chi connectivity index (χ2v) is 5.12. The number of rotatable bonds is 5. The third-order valence-corrected chi connectivity index (χ3v) is 3.85. The lowest BCUT2D eigenvalue weighted by Gasteiger charge is -2.14. The van der Waals surface area contributed by atoms with Gasteiger partial charge in [0.15, 0.2) is 0 Å². The van der Waals surface area contributed by atoms with Gasteiger partial charge in [-0.2, -0.15) is 0 Å². The number of anilines is 1. The van der Waals surface area contributed by atoms with Crippen molar-refractivity contribution in [2.75, 3.05) is 5.32 Å². The predicted octanol–water partition coefficient (Wildman–Crippen LogP) is 3.53. The van der Waals surface area contributed by atoms with Crippen LogP contribution >= 0.6 is 11.3 Å². The molecule has 2 rings (SSSR count). The van der Waals surface area contributed by atoms with Gasteiger partial charge in [-0.05, 0) is 30.5 Å². The topological polar surface area (TPSA) is 92.5 Å². The van der Waals surface area contributed by atoms with Crippen LogP contribution in [0.1, 0.15) is 28.2 Å². The number of nitro groups is 1. The molecule has 0 fully saturated rings. The summed E-state index contributed by atoms with van der Waals surface area (Å²) in [5.41, 5.74) is -0.530. The van der Waals surface area contributed by atoms with E-state index in [9.17, 15) is 14.9 Å². The molecule has 1 aromatic carbocycles.